The number of fused-ring (bicyclic) bond motifs is 1. The van der Waals surface area contributed by atoms with Gasteiger partial charge < -0.3 is 10.6 Å². The van der Waals surface area contributed by atoms with Crippen LogP contribution in [0.4, 0.5) is 22.1 Å². The number of aliphatic imine (C=N–C) groups is 1. The molecule has 0 saturated heterocycles. The minimum absolute atomic E-state index is 0.0721. The Bertz CT molecular complexity index is 1740. The van der Waals surface area contributed by atoms with E-state index in [-0.39, 0.29) is 22.9 Å². The number of nitro benzene ring substituents is 1. The molecular weight excluding hydrogens is 593 g/mol. The fraction of sp³-hybridized carbons (Fsp3) is 0.265. The summed E-state index contributed by atoms with van der Waals surface area (Å²) in [5.41, 5.74) is 3.54. The number of nitro groups is 1. The summed E-state index contributed by atoms with van der Waals surface area (Å²) in [6.45, 7) is 8.19. The highest BCUT2D eigenvalue weighted by Gasteiger charge is 2.33. The minimum Gasteiger partial charge on any atom is -0.325 e. The van der Waals surface area contributed by atoms with Gasteiger partial charge in [-0.1, -0.05) is 68.9 Å². The zero-order valence-electron chi connectivity index (χ0n) is 25.0. The Morgan fingerprint density at radius 1 is 1.02 bits per heavy atom. The van der Waals surface area contributed by atoms with Crippen LogP contribution in [0.15, 0.2) is 87.6 Å². The van der Waals surface area contributed by atoms with Crippen LogP contribution < -0.4 is 10.6 Å². The second kappa shape index (κ2) is 13.2. The molecule has 8 nitrogen and oxygen atoms in total. The number of anilines is 2. The van der Waals surface area contributed by atoms with Gasteiger partial charge in [0.25, 0.3) is 11.6 Å². The van der Waals surface area contributed by atoms with Crippen molar-refractivity contribution < 1.29 is 14.5 Å². The predicted molar refractivity (Wildman–Crippen MR) is 179 cm³/mol. The monoisotopic (exact) mass is 626 g/mol. The topological polar surface area (TPSA) is 114 Å². The number of carbonyl (C=O) groups excluding carboxylic acids is 2. The molecule has 1 aliphatic rings. The molecule has 0 radical (unpaired) electrons. The fourth-order valence-corrected chi connectivity index (χ4v) is 7.55. The van der Waals surface area contributed by atoms with E-state index < -0.39 is 4.92 Å². The van der Waals surface area contributed by atoms with Crippen LogP contribution in [0.1, 0.15) is 60.5 Å². The lowest BCUT2D eigenvalue weighted by Gasteiger charge is -2.33. The third kappa shape index (κ3) is 7.26. The summed E-state index contributed by atoms with van der Waals surface area (Å²) >= 11 is 2.74. The molecule has 0 aliphatic heterocycles. The van der Waals surface area contributed by atoms with Gasteiger partial charge in [-0.25, -0.2) is 4.99 Å². The summed E-state index contributed by atoms with van der Waals surface area (Å²) < 4.78 is 0. The maximum absolute atomic E-state index is 13.6. The zero-order valence-corrected chi connectivity index (χ0v) is 26.7. The normalized spacial score (nSPS) is 14.7. The van der Waals surface area contributed by atoms with Crippen LogP contribution in [0, 0.1) is 21.4 Å². The van der Waals surface area contributed by atoms with Gasteiger partial charge in [0.05, 0.1) is 21.1 Å². The lowest BCUT2D eigenvalue weighted by molar-refractivity contribution is -0.387. The maximum Gasteiger partial charge on any atom is 0.283 e. The summed E-state index contributed by atoms with van der Waals surface area (Å²) in [4.78, 5) is 44.0. The van der Waals surface area contributed by atoms with Crippen molar-refractivity contribution >= 4 is 63.2 Å². The standard InChI is InChI=1S/C34H34N4O4S2/c1-21(39)36-26-12-8-9-13-28(26)43-29-17-14-22(18-27(29)38(41)42)20-35-33-31(32(40)37-24-10-6-5-7-11-24)25-16-15-23(34(2,3)4)19-30(25)44-33/h5-14,17-18,20,23H,15-16,19H2,1-4H3,(H,36,39)(H,37,40)/t23-/m0/s1. The number of hydrogen-bond donors (Lipinski definition) is 2. The predicted octanol–water partition coefficient (Wildman–Crippen LogP) is 8.92. The number of rotatable bonds is 8. The van der Waals surface area contributed by atoms with Gasteiger partial charge in [-0.15, -0.1) is 11.3 Å². The van der Waals surface area contributed by atoms with Gasteiger partial charge in [0.15, 0.2) is 0 Å². The minimum atomic E-state index is -0.421. The maximum atomic E-state index is 13.6. The summed E-state index contributed by atoms with van der Waals surface area (Å²) in [5.74, 6) is 0.0738. The van der Waals surface area contributed by atoms with E-state index in [0.29, 0.717) is 43.2 Å². The van der Waals surface area contributed by atoms with Crippen molar-refractivity contribution in [1.29, 1.82) is 0 Å². The summed E-state index contributed by atoms with van der Waals surface area (Å²) in [7, 11) is 0. The summed E-state index contributed by atoms with van der Waals surface area (Å²) in [6, 6.07) is 21.5. The molecule has 2 amide bonds. The van der Waals surface area contributed by atoms with Crippen molar-refractivity contribution in [1.82, 2.24) is 0 Å². The van der Waals surface area contributed by atoms with Crippen LogP contribution >= 0.6 is 23.1 Å². The molecule has 44 heavy (non-hydrogen) atoms. The smallest absolute Gasteiger partial charge is 0.283 e. The quantitative estimate of drug-likeness (QED) is 0.115. The highest BCUT2D eigenvalue weighted by Crippen LogP contribution is 2.45. The van der Waals surface area contributed by atoms with Crippen LogP contribution in [0.25, 0.3) is 0 Å². The molecule has 0 unspecified atom stereocenters. The van der Waals surface area contributed by atoms with Crippen molar-refractivity contribution in [2.45, 2.75) is 56.7 Å². The molecule has 1 heterocycles. The molecular formula is C34H34N4O4S2. The Morgan fingerprint density at radius 2 is 1.75 bits per heavy atom. The molecule has 1 aromatic heterocycles. The van der Waals surface area contributed by atoms with Gasteiger partial charge in [-0.05, 0) is 72.1 Å². The van der Waals surface area contributed by atoms with E-state index in [9.17, 15) is 19.7 Å². The van der Waals surface area contributed by atoms with Crippen molar-refractivity contribution in [2.24, 2.45) is 16.3 Å². The van der Waals surface area contributed by atoms with Gasteiger partial charge in [-0.3, -0.25) is 19.7 Å². The molecule has 5 rings (SSSR count). The third-order valence-corrected chi connectivity index (χ3v) is 9.96. The lowest BCUT2D eigenvalue weighted by Crippen LogP contribution is -2.27. The molecule has 0 saturated carbocycles. The summed E-state index contributed by atoms with van der Waals surface area (Å²) in [6.07, 6.45) is 4.28. The van der Waals surface area contributed by atoms with Gasteiger partial charge in [0.2, 0.25) is 5.91 Å². The van der Waals surface area contributed by atoms with Crippen molar-refractivity contribution in [3.63, 3.8) is 0 Å². The van der Waals surface area contributed by atoms with E-state index >= 15 is 0 Å². The van der Waals surface area contributed by atoms with Crippen LogP contribution in [0.3, 0.4) is 0 Å². The number of hydrogen-bond acceptors (Lipinski definition) is 7. The Morgan fingerprint density at radius 3 is 2.45 bits per heavy atom. The first-order chi connectivity index (χ1) is 21.0. The molecule has 1 aliphatic carbocycles. The second-order valence-corrected chi connectivity index (χ2v) is 14.0. The highest BCUT2D eigenvalue weighted by molar-refractivity contribution is 7.99. The first kappa shape index (κ1) is 31.2. The van der Waals surface area contributed by atoms with Crippen LogP contribution in [-0.4, -0.2) is 23.0 Å². The number of benzene rings is 3. The third-order valence-electron chi connectivity index (χ3n) is 7.66. The Labute approximate surface area is 265 Å². The Kier molecular flexibility index (Phi) is 9.31. The van der Waals surface area contributed by atoms with E-state index in [2.05, 4.69) is 31.4 Å². The Balaban J connectivity index is 1.47. The van der Waals surface area contributed by atoms with Crippen molar-refractivity contribution in [3.05, 3.63) is 104 Å². The van der Waals surface area contributed by atoms with E-state index in [4.69, 9.17) is 4.99 Å². The number of nitrogens with zero attached hydrogens (tertiary/aromatic N) is 2. The second-order valence-electron chi connectivity index (χ2n) is 11.8. The molecule has 0 spiro atoms. The van der Waals surface area contributed by atoms with Gasteiger partial charge in [0, 0.05) is 34.7 Å². The average molecular weight is 627 g/mol. The Hall–Kier alpha value is -4.28. The van der Waals surface area contributed by atoms with Crippen molar-refractivity contribution in [3.8, 4) is 0 Å². The SMILES string of the molecule is CC(=O)Nc1ccccc1Sc1ccc(C=Nc2sc3c(c2C(=O)Nc2ccccc2)CC[C@H](C(C)(C)C)C3)cc1[N+](=O)[O-]. The van der Waals surface area contributed by atoms with E-state index in [1.54, 1.807) is 36.5 Å². The molecule has 1 atom stereocenters. The molecule has 3 aromatic carbocycles. The van der Waals surface area contributed by atoms with Gasteiger partial charge in [-0.2, -0.15) is 0 Å². The molecule has 0 bridgehead atoms. The van der Waals surface area contributed by atoms with Crippen LogP contribution in [0.2, 0.25) is 0 Å². The molecule has 2 N–H and O–H groups in total. The number of para-hydroxylation sites is 2. The number of carbonyl (C=O) groups is 2. The molecule has 0 fully saturated rings. The first-order valence-corrected chi connectivity index (χ1v) is 16.0. The lowest BCUT2D eigenvalue weighted by atomic mass is 9.72. The number of nitrogens with one attached hydrogen (secondary N) is 2. The van der Waals surface area contributed by atoms with Crippen LogP contribution in [-0.2, 0) is 17.6 Å². The fourth-order valence-electron chi connectivity index (χ4n) is 5.29. The first-order valence-electron chi connectivity index (χ1n) is 14.4. The van der Waals surface area contributed by atoms with E-state index in [1.807, 2.05) is 36.4 Å². The molecule has 10 heteroatoms. The van der Waals surface area contributed by atoms with E-state index in [0.717, 1.165) is 24.8 Å². The van der Waals surface area contributed by atoms with Crippen LogP contribution in [0.5, 0.6) is 0 Å². The average Bonchev–Trinajstić information content (AvgIpc) is 3.35. The highest BCUT2D eigenvalue weighted by atomic mass is 32.2. The zero-order chi connectivity index (χ0) is 31.4. The van der Waals surface area contributed by atoms with Gasteiger partial charge >= 0.3 is 0 Å². The van der Waals surface area contributed by atoms with Gasteiger partial charge in [0.1, 0.15) is 5.00 Å². The largest absolute Gasteiger partial charge is 0.325 e. The van der Waals surface area contributed by atoms with Crippen molar-refractivity contribution in [2.75, 3.05) is 10.6 Å². The molecule has 4 aromatic rings. The van der Waals surface area contributed by atoms with E-state index in [1.165, 1.54) is 41.0 Å². The number of amides is 2. The molecule has 226 valence electrons. The summed E-state index contributed by atoms with van der Waals surface area (Å²) in [5, 5.41) is 18.5. The number of thiophene rings is 1.